The molecule has 128 valence electrons. The lowest BCUT2D eigenvalue weighted by atomic mass is 9.96. The fourth-order valence-electron chi connectivity index (χ4n) is 2.51. The molecule has 1 N–H and O–H groups in total. The minimum Gasteiger partial charge on any atom is -0.351 e. The van der Waals surface area contributed by atoms with E-state index in [1.165, 1.54) is 6.08 Å². The fourth-order valence-corrected chi connectivity index (χ4v) is 2.51. The number of Topliss-reactive ketones (excluding diaryl/α,β-unsaturated/α-hetero) is 1. The van der Waals surface area contributed by atoms with Crippen molar-refractivity contribution in [2.24, 2.45) is 5.92 Å². The number of carbonyl (C=O) groups is 2. The highest BCUT2D eigenvalue weighted by Crippen LogP contribution is 2.14. The number of hydrogen-bond donors (Lipinski definition) is 1. The van der Waals surface area contributed by atoms with Gasteiger partial charge in [-0.1, -0.05) is 24.3 Å². The van der Waals surface area contributed by atoms with E-state index in [-0.39, 0.29) is 6.54 Å². The Hall–Kier alpha value is -3.20. The molecule has 25 heavy (non-hydrogen) atoms. The minimum absolute atomic E-state index is 0.211. The molecule has 2 rings (SSSR count). The van der Waals surface area contributed by atoms with Crippen LogP contribution in [-0.2, 0) is 11.3 Å². The summed E-state index contributed by atoms with van der Waals surface area (Å²) in [6.45, 7) is 8.10. The summed E-state index contributed by atoms with van der Waals surface area (Å²) in [6, 6.07) is 10.7. The standard InChI is InChI=1S/C19H20N4O2/c1-4-8-21-19(25)17(11-20)18(24)16-7-5-6-15(10-16)12-23-14(3)9-13(2)22-23/h4-7,9-10,17H,1,8,12H2,2-3H3,(H,21,25). The van der Waals surface area contributed by atoms with Gasteiger partial charge in [0.05, 0.1) is 18.3 Å². The Morgan fingerprint density at radius 2 is 2.16 bits per heavy atom. The topological polar surface area (TPSA) is 87.8 Å². The summed E-state index contributed by atoms with van der Waals surface area (Å²) in [5, 5.41) is 16.1. The number of aromatic nitrogens is 2. The van der Waals surface area contributed by atoms with E-state index in [1.54, 1.807) is 24.3 Å². The average molecular weight is 336 g/mol. The molecule has 1 atom stereocenters. The van der Waals surface area contributed by atoms with Crippen LogP contribution in [0.15, 0.2) is 43.0 Å². The first-order valence-electron chi connectivity index (χ1n) is 7.88. The smallest absolute Gasteiger partial charge is 0.245 e. The molecule has 1 aromatic heterocycles. The van der Waals surface area contributed by atoms with Gasteiger partial charge in [-0.25, -0.2) is 0 Å². The highest BCUT2D eigenvalue weighted by molar-refractivity contribution is 6.12. The van der Waals surface area contributed by atoms with Gasteiger partial charge in [0.1, 0.15) is 0 Å². The van der Waals surface area contributed by atoms with Gasteiger partial charge in [-0.3, -0.25) is 14.3 Å². The molecular weight excluding hydrogens is 316 g/mol. The molecule has 0 fully saturated rings. The highest BCUT2D eigenvalue weighted by atomic mass is 16.2. The molecule has 0 aliphatic carbocycles. The molecule has 0 bridgehead atoms. The third kappa shape index (κ3) is 4.42. The van der Waals surface area contributed by atoms with E-state index >= 15 is 0 Å². The molecule has 0 saturated carbocycles. The second-order valence-electron chi connectivity index (χ2n) is 5.75. The zero-order chi connectivity index (χ0) is 18.4. The molecule has 0 radical (unpaired) electrons. The van der Waals surface area contributed by atoms with Crippen LogP contribution < -0.4 is 5.32 Å². The lowest BCUT2D eigenvalue weighted by Crippen LogP contribution is -2.34. The van der Waals surface area contributed by atoms with Crippen molar-refractivity contribution in [2.75, 3.05) is 6.54 Å². The van der Waals surface area contributed by atoms with Crippen molar-refractivity contribution in [1.82, 2.24) is 15.1 Å². The summed E-state index contributed by atoms with van der Waals surface area (Å²) in [5.74, 6) is -2.50. The van der Waals surface area contributed by atoms with Gasteiger partial charge >= 0.3 is 0 Å². The van der Waals surface area contributed by atoms with Gasteiger partial charge < -0.3 is 5.32 Å². The first-order valence-corrected chi connectivity index (χ1v) is 7.88. The molecule has 6 nitrogen and oxygen atoms in total. The predicted octanol–water partition coefficient (Wildman–Crippen LogP) is 2.17. The van der Waals surface area contributed by atoms with Crippen LogP contribution in [0, 0.1) is 31.1 Å². The molecule has 6 heteroatoms. The van der Waals surface area contributed by atoms with Gasteiger partial charge in [0.15, 0.2) is 11.7 Å². The largest absolute Gasteiger partial charge is 0.351 e. The van der Waals surface area contributed by atoms with Crippen LogP contribution in [0.25, 0.3) is 0 Å². The maximum Gasteiger partial charge on any atom is 0.245 e. The lowest BCUT2D eigenvalue weighted by Gasteiger charge is -2.10. The van der Waals surface area contributed by atoms with Crippen molar-refractivity contribution >= 4 is 11.7 Å². The number of hydrogen-bond acceptors (Lipinski definition) is 4. The Morgan fingerprint density at radius 1 is 1.40 bits per heavy atom. The zero-order valence-corrected chi connectivity index (χ0v) is 14.3. The van der Waals surface area contributed by atoms with Crippen molar-refractivity contribution in [1.29, 1.82) is 5.26 Å². The van der Waals surface area contributed by atoms with Gasteiger partial charge in [0, 0.05) is 17.8 Å². The molecule has 0 saturated heterocycles. The molecule has 2 aromatic rings. The first kappa shape index (κ1) is 18.1. The Labute approximate surface area is 146 Å². The second kappa shape index (κ2) is 8.06. The highest BCUT2D eigenvalue weighted by Gasteiger charge is 2.27. The van der Waals surface area contributed by atoms with Gasteiger partial charge in [0.25, 0.3) is 0 Å². The van der Waals surface area contributed by atoms with Gasteiger partial charge in [-0.2, -0.15) is 10.4 Å². The molecule has 0 aliphatic rings. The van der Waals surface area contributed by atoms with Crippen molar-refractivity contribution in [2.45, 2.75) is 20.4 Å². The molecule has 1 amide bonds. The van der Waals surface area contributed by atoms with E-state index in [9.17, 15) is 14.9 Å². The Morgan fingerprint density at radius 3 is 2.76 bits per heavy atom. The monoisotopic (exact) mass is 336 g/mol. The van der Waals surface area contributed by atoms with Crippen molar-refractivity contribution < 1.29 is 9.59 Å². The molecule has 1 unspecified atom stereocenters. The van der Waals surface area contributed by atoms with Crippen LogP contribution >= 0.6 is 0 Å². The van der Waals surface area contributed by atoms with Crippen LogP contribution in [0.5, 0.6) is 0 Å². The van der Waals surface area contributed by atoms with Crippen molar-refractivity contribution in [3.63, 3.8) is 0 Å². The van der Waals surface area contributed by atoms with Gasteiger partial charge in [0.2, 0.25) is 5.91 Å². The Kier molecular flexibility index (Phi) is 5.85. The number of nitriles is 1. The first-order chi connectivity index (χ1) is 12.0. The fraction of sp³-hybridized carbons (Fsp3) is 0.263. The number of benzene rings is 1. The Bertz CT molecular complexity index is 845. The molecule has 1 aromatic carbocycles. The third-order valence-corrected chi connectivity index (χ3v) is 3.72. The van der Waals surface area contributed by atoms with Crippen LogP contribution in [0.1, 0.15) is 27.3 Å². The van der Waals surface area contributed by atoms with Crippen LogP contribution in [0.4, 0.5) is 0 Å². The summed E-state index contributed by atoms with van der Waals surface area (Å²) in [6.07, 6.45) is 1.49. The summed E-state index contributed by atoms with van der Waals surface area (Å²) < 4.78 is 1.84. The normalized spacial score (nSPS) is 11.4. The molecule has 0 aliphatic heterocycles. The Balaban J connectivity index is 2.20. The van der Waals surface area contributed by atoms with Gasteiger partial charge in [-0.15, -0.1) is 6.58 Å². The summed E-state index contributed by atoms with van der Waals surface area (Å²) >= 11 is 0. The quantitative estimate of drug-likeness (QED) is 0.477. The van der Waals surface area contributed by atoms with E-state index in [2.05, 4.69) is 17.0 Å². The van der Waals surface area contributed by atoms with E-state index < -0.39 is 17.6 Å². The zero-order valence-electron chi connectivity index (χ0n) is 14.3. The number of nitrogens with zero attached hydrogens (tertiary/aromatic N) is 3. The number of nitrogens with one attached hydrogen (secondary N) is 1. The van der Waals surface area contributed by atoms with Crippen LogP contribution in [0.2, 0.25) is 0 Å². The molecular formula is C19H20N4O2. The van der Waals surface area contributed by atoms with E-state index in [0.29, 0.717) is 12.1 Å². The number of ketones is 1. The van der Waals surface area contributed by atoms with E-state index in [1.807, 2.05) is 30.7 Å². The average Bonchev–Trinajstić information content (AvgIpc) is 2.91. The van der Waals surface area contributed by atoms with Crippen molar-refractivity contribution in [3.05, 3.63) is 65.5 Å². The summed E-state index contributed by atoms with van der Waals surface area (Å²) in [4.78, 5) is 24.5. The van der Waals surface area contributed by atoms with Crippen molar-refractivity contribution in [3.8, 4) is 6.07 Å². The van der Waals surface area contributed by atoms with Crippen LogP contribution in [-0.4, -0.2) is 28.0 Å². The predicted molar refractivity (Wildman–Crippen MR) is 93.9 cm³/mol. The third-order valence-electron chi connectivity index (χ3n) is 3.72. The summed E-state index contributed by atoms with van der Waals surface area (Å²) in [5.41, 5.74) is 3.15. The molecule has 0 spiro atoms. The summed E-state index contributed by atoms with van der Waals surface area (Å²) in [7, 11) is 0. The number of carbonyl (C=O) groups excluding carboxylic acids is 2. The number of amides is 1. The maximum absolute atomic E-state index is 12.5. The second-order valence-corrected chi connectivity index (χ2v) is 5.75. The van der Waals surface area contributed by atoms with E-state index in [0.717, 1.165) is 17.0 Å². The number of aryl methyl sites for hydroxylation is 2. The minimum atomic E-state index is -1.37. The maximum atomic E-state index is 12.5. The molecule has 1 heterocycles. The van der Waals surface area contributed by atoms with E-state index in [4.69, 9.17) is 0 Å². The number of rotatable bonds is 7. The lowest BCUT2D eigenvalue weighted by molar-refractivity contribution is -0.121. The van der Waals surface area contributed by atoms with Gasteiger partial charge in [-0.05, 0) is 31.5 Å². The van der Waals surface area contributed by atoms with Crippen LogP contribution in [0.3, 0.4) is 0 Å². The SMILES string of the molecule is C=CCNC(=O)C(C#N)C(=O)c1cccc(Cn2nc(C)cc2C)c1.